The number of hydrogen-bond acceptors (Lipinski definition) is 4. The van der Waals surface area contributed by atoms with E-state index in [1.165, 1.54) is 0 Å². The van der Waals surface area contributed by atoms with E-state index in [1.54, 1.807) is 0 Å². The molecule has 0 aromatic heterocycles. The Kier molecular flexibility index (Phi) is 5.81. The Morgan fingerprint density at radius 3 is 2.23 bits per heavy atom. The average molecular weight is 229 g/mol. The molecule has 0 fully saturated rings. The van der Waals surface area contributed by atoms with Crippen molar-refractivity contribution in [2.45, 2.75) is 25.1 Å². The van der Waals surface area contributed by atoms with Crippen LogP contribution in [0.25, 0.3) is 0 Å². The zero-order valence-corrected chi connectivity index (χ0v) is 9.60. The number of hydrogen-bond donors (Lipinski definition) is 0. The number of halogens is 1. The van der Waals surface area contributed by atoms with Crippen LogP contribution >= 0.6 is 19.2 Å². The Morgan fingerprint density at radius 2 is 1.92 bits per heavy atom. The lowest BCUT2D eigenvalue weighted by molar-refractivity contribution is -0.113. The maximum Gasteiger partial charge on any atom is 0.397 e. The molecule has 6 heteroatoms. The molecule has 0 aromatic carbocycles. The smallest absolute Gasteiger partial charge is 0.307 e. The molecule has 0 spiro atoms. The molecule has 0 radical (unpaired) electrons. The first-order chi connectivity index (χ1) is 6.01. The van der Waals surface area contributed by atoms with Crippen molar-refractivity contribution in [1.82, 2.24) is 0 Å². The van der Waals surface area contributed by atoms with Crippen LogP contribution in [0, 0.1) is 0 Å². The summed E-state index contributed by atoms with van der Waals surface area (Å²) in [5.74, 6) is 0. The van der Waals surface area contributed by atoms with Crippen molar-refractivity contribution in [3.8, 4) is 0 Å². The van der Waals surface area contributed by atoms with E-state index in [1.807, 2.05) is 6.92 Å². The summed E-state index contributed by atoms with van der Waals surface area (Å²) in [5, 5.41) is -0.796. The van der Waals surface area contributed by atoms with Crippen LogP contribution in [0.4, 0.5) is 0 Å². The molecule has 1 unspecified atom stereocenters. The molecular formula is C7H14ClO4P. The fourth-order valence-electron chi connectivity index (χ4n) is 0.803. The molecule has 0 N–H and O–H groups in total. The van der Waals surface area contributed by atoms with E-state index in [4.69, 9.17) is 11.6 Å². The molecule has 4 nitrogen and oxygen atoms in total. The monoisotopic (exact) mass is 228 g/mol. The van der Waals surface area contributed by atoms with Crippen molar-refractivity contribution in [2.24, 2.45) is 0 Å². The highest BCUT2D eigenvalue weighted by Crippen LogP contribution is 2.49. The van der Waals surface area contributed by atoms with E-state index in [2.05, 4.69) is 9.05 Å². The number of carbonyl (C=O) groups excluding carboxylic acids is 1. The van der Waals surface area contributed by atoms with E-state index in [9.17, 15) is 9.36 Å². The van der Waals surface area contributed by atoms with Crippen molar-refractivity contribution < 1.29 is 18.4 Å². The molecule has 0 saturated carbocycles. The lowest BCUT2D eigenvalue weighted by atomic mass is 10.3. The summed E-state index contributed by atoms with van der Waals surface area (Å²) < 4.78 is 20.5. The molecule has 0 bridgehead atoms. The van der Waals surface area contributed by atoms with Crippen LogP contribution in [-0.2, 0) is 18.4 Å². The number of carbonyl (C=O) groups is 1. The molecule has 78 valence electrons. The standard InChI is InChI=1S/C7H14ClO4P/c1-4-5-6(8)7(9)13(10,11-2)12-3/h6H,4-5H2,1-3H3. The van der Waals surface area contributed by atoms with E-state index < -0.39 is 18.5 Å². The first-order valence-electron chi connectivity index (χ1n) is 3.91. The van der Waals surface area contributed by atoms with Gasteiger partial charge in [-0.05, 0) is 6.42 Å². The van der Waals surface area contributed by atoms with E-state index in [-0.39, 0.29) is 0 Å². The van der Waals surface area contributed by atoms with Crippen molar-refractivity contribution in [1.29, 1.82) is 0 Å². The fourth-order valence-corrected chi connectivity index (χ4v) is 2.36. The zero-order valence-electron chi connectivity index (χ0n) is 7.95. The third-order valence-corrected chi connectivity index (χ3v) is 3.94. The molecular weight excluding hydrogens is 214 g/mol. The van der Waals surface area contributed by atoms with Gasteiger partial charge in [0.25, 0.3) is 5.52 Å². The van der Waals surface area contributed by atoms with Crippen molar-refractivity contribution in [3.05, 3.63) is 0 Å². The lowest BCUT2D eigenvalue weighted by Crippen LogP contribution is -2.16. The second-order valence-corrected chi connectivity index (χ2v) is 5.15. The highest BCUT2D eigenvalue weighted by molar-refractivity contribution is 7.72. The SMILES string of the molecule is CCCC(Cl)C(=O)P(=O)(OC)OC. The fraction of sp³-hybridized carbons (Fsp3) is 0.857. The Balaban J connectivity index is 4.47. The first kappa shape index (κ1) is 13.1. The first-order valence-corrected chi connectivity index (χ1v) is 5.89. The summed E-state index contributed by atoms with van der Waals surface area (Å²) >= 11 is 5.69. The van der Waals surface area contributed by atoms with Gasteiger partial charge in [-0.2, -0.15) is 0 Å². The van der Waals surface area contributed by atoms with Gasteiger partial charge in [-0.15, -0.1) is 11.6 Å². The number of alkyl halides is 1. The molecule has 0 saturated heterocycles. The second kappa shape index (κ2) is 5.76. The summed E-state index contributed by atoms with van der Waals surface area (Å²) in [5.41, 5.74) is -0.666. The van der Waals surface area contributed by atoms with Gasteiger partial charge in [0, 0.05) is 14.2 Å². The van der Waals surface area contributed by atoms with E-state index >= 15 is 0 Å². The molecule has 0 amide bonds. The van der Waals surface area contributed by atoms with E-state index in [0.29, 0.717) is 6.42 Å². The van der Waals surface area contributed by atoms with Crippen molar-refractivity contribution in [3.63, 3.8) is 0 Å². The quantitative estimate of drug-likeness (QED) is 0.517. The summed E-state index contributed by atoms with van der Waals surface area (Å²) in [4.78, 5) is 11.4. The maximum absolute atomic E-state index is 11.5. The molecule has 0 rings (SSSR count). The van der Waals surface area contributed by atoms with Gasteiger partial charge in [-0.1, -0.05) is 13.3 Å². The Morgan fingerprint density at radius 1 is 1.46 bits per heavy atom. The Hall–Kier alpha value is 0.110. The minimum Gasteiger partial charge on any atom is -0.307 e. The largest absolute Gasteiger partial charge is 0.397 e. The van der Waals surface area contributed by atoms with Crippen LogP contribution in [-0.4, -0.2) is 25.1 Å². The van der Waals surface area contributed by atoms with Gasteiger partial charge in [-0.25, -0.2) is 0 Å². The molecule has 0 aliphatic heterocycles. The Bertz CT molecular complexity index is 211. The van der Waals surface area contributed by atoms with Gasteiger partial charge in [0.1, 0.15) is 5.38 Å². The second-order valence-electron chi connectivity index (χ2n) is 2.46. The van der Waals surface area contributed by atoms with Gasteiger partial charge in [-0.3, -0.25) is 9.36 Å². The highest BCUT2D eigenvalue weighted by Gasteiger charge is 2.36. The van der Waals surface area contributed by atoms with Crippen LogP contribution < -0.4 is 0 Å². The predicted octanol–water partition coefficient (Wildman–Crippen LogP) is 2.41. The third kappa shape index (κ3) is 3.39. The van der Waals surface area contributed by atoms with Crippen molar-refractivity contribution in [2.75, 3.05) is 14.2 Å². The third-order valence-electron chi connectivity index (χ3n) is 1.56. The summed E-state index contributed by atoms with van der Waals surface area (Å²) in [6.07, 6.45) is 1.21. The van der Waals surface area contributed by atoms with Crippen LogP contribution in [0.5, 0.6) is 0 Å². The predicted molar refractivity (Wildman–Crippen MR) is 51.2 cm³/mol. The molecule has 0 heterocycles. The van der Waals surface area contributed by atoms with Crippen LogP contribution in [0.1, 0.15) is 19.8 Å². The van der Waals surface area contributed by atoms with Gasteiger partial charge in [0.2, 0.25) is 0 Å². The minimum absolute atomic E-state index is 0.469. The van der Waals surface area contributed by atoms with Crippen LogP contribution in [0.2, 0.25) is 0 Å². The lowest BCUT2D eigenvalue weighted by Gasteiger charge is -2.14. The summed E-state index contributed by atoms with van der Waals surface area (Å²) in [7, 11) is -1.30. The zero-order chi connectivity index (χ0) is 10.5. The topological polar surface area (TPSA) is 52.6 Å². The van der Waals surface area contributed by atoms with Gasteiger partial charge in [0.15, 0.2) is 0 Å². The molecule has 0 aliphatic rings. The Labute approximate surface area is 83.1 Å². The average Bonchev–Trinajstić information content (AvgIpc) is 2.16. The molecule has 1 atom stereocenters. The highest BCUT2D eigenvalue weighted by atomic mass is 35.5. The number of rotatable bonds is 6. The molecule has 0 aromatic rings. The van der Waals surface area contributed by atoms with E-state index in [0.717, 1.165) is 20.6 Å². The van der Waals surface area contributed by atoms with Gasteiger partial charge < -0.3 is 9.05 Å². The van der Waals surface area contributed by atoms with Crippen LogP contribution in [0.3, 0.4) is 0 Å². The van der Waals surface area contributed by atoms with Crippen molar-refractivity contribution >= 4 is 24.7 Å². The molecule has 0 aliphatic carbocycles. The van der Waals surface area contributed by atoms with Gasteiger partial charge in [0.05, 0.1) is 0 Å². The molecule has 13 heavy (non-hydrogen) atoms. The van der Waals surface area contributed by atoms with Crippen LogP contribution in [0.15, 0.2) is 0 Å². The normalized spacial score (nSPS) is 14.2. The van der Waals surface area contributed by atoms with Gasteiger partial charge >= 0.3 is 7.60 Å². The minimum atomic E-state index is -3.63. The summed E-state index contributed by atoms with van der Waals surface area (Å²) in [6.45, 7) is 1.88. The maximum atomic E-state index is 11.5. The summed E-state index contributed by atoms with van der Waals surface area (Å²) in [6, 6.07) is 0.